The monoisotopic (exact) mass is 280 g/mol. The number of rotatable bonds is 4. The predicted octanol–water partition coefficient (Wildman–Crippen LogP) is 4.14. The fourth-order valence-electron chi connectivity index (χ4n) is 1.90. The third-order valence-corrected chi connectivity index (χ3v) is 3.51. The molecule has 2 rings (SSSR count). The van der Waals surface area contributed by atoms with Crippen molar-refractivity contribution in [2.24, 2.45) is 0 Å². The van der Waals surface area contributed by atoms with Crippen LogP contribution in [0.15, 0.2) is 48.5 Å². The molecule has 0 aromatic heterocycles. The molecule has 0 bridgehead atoms. The van der Waals surface area contributed by atoms with Crippen LogP contribution in [0.5, 0.6) is 0 Å². The van der Waals surface area contributed by atoms with E-state index in [4.69, 9.17) is 23.2 Å². The summed E-state index contributed by atoms with van der Waals surface area (Å²) in [7, 11) is 0. The van der Waals surface area contributed by atoms with Crippen molar-refractivity contribution in [3.05, 3.63) is 69.7 Å². The molecule has 1 unspecified atom stereocenters. The molecule has 0 saturated heterocycles. The maximum absolute atomic E-state index is 10.0. The van der Waals surface area contributed by atoms with Crippen molar-refractivity contribution in [2.75, 3.05) is 0 Å². The molecule has 18 heavy (non-hydrogen) atoms. The first kappa shape index (κ1) is 13.4. The number of benzene rings is 2. The van der Waals surface area contributed by atoms with E-state index in [-0.39, 0.29) is 0 Å². The van der Waals surface area contributed by atoms with Crippen LogP contribution in [0.3, 0.4) is 0 Å². The topological polar surface area (TPSA) is 20.2 Å². The Hall–Kier alpha value is -1.02. The van der Waals surface area contributed by atoms with E-state index in [0.29, 0.717) is 22.9 Å². The van der Waals surface area contributed by atoms with Crippen molar-refractivity contribution < 1.29 is 5.11 Å². The van der Waals surface area contributed by atoms with Gasteiger partial charge >= 0.3 is 0 Å². The summed E-state index contributed by atoms with van der Waals surface area (Å²) in [5.74, 6) is 0. The van der Waals surface area contributed by atoms with Crippen LogP contribution in [0, 0.1) is 0 Å². The predicted molar refractivity (Wildman–Crippen MR) is 76.3 cm³/mol. The maximum Gasteiger partial charge on any atom is 0.0620 e. The summed E-state index contributed by atoms with van der Waals surface area (Å²) in [6, 6.07) is 15.4. The van der Waals surface area contributed by atoms with Crippen LogP contribution in [0.1, 0.15) is 11.1 Å². The highest BCUT2D eigenvalue weighted by Crippen LogP contribution is 2.23. The van der Waals surface area contributed by atoms with Gasteiger partial charge in [-0.2, -0.15) is 0 Å². The Bertz CT molecular complexity index is 511. The van der Waals surface area contributed by atoms with Gasteiger partial charge in [0.2, 0.25) is 0 Å². The normalized spacial score (nSPS) is 12.4. The van der Waals surface area contributed by atoms with Crippen molar-refractivity contribution >= 4 is 23.2 Å². The summed E-state index contributed by atoms with van der Waals surface area (Å²) < 4.78 is 0. The van der Waals surface area contributed by atoms with Crippen LogP contribution in [0.4, 0.5) is 0 Å². The Morgan fingerprint density at radius 3 is 2.17 bits per heavy atom. The van der Waals surface area contributed by atoms with Gasteiger partial charge in [0.05, 0.1) is 16.1 Å². The second-order valence-corrected chi connectivity index (χ2v) is 5.11. The molecule has 0 aliphatic rings. The summed E-state index contributed by atoms with van der Waals surface area (Å²) in [6.07, 6.45) is 0.803. The molecule has 0 radical (unpaired) electrons. The van der Waals surface area contributed by atoms with Crippen molar-refractivity contribution in [3.8, 4) is 0 Å². The Labute approximate surface area is 117 Å². The summed E-state index contributed by atoms with van der Waals surface area (Å²) >= 11 is 11.8. The van der Waals surface area contributed by atoms with E-state index in [9.17, 15) is 5.11 Å². The highest BCUT2D eigenvalue weighted by Gasteiger charge is 2.08. The van der Waals surface area contributed by atoms with E-state index in [2.05, 4.69) is 0 Å². The molecule has 1 N–H and O–H groups in total. The molecule has 0 saturated carbocycles. The summed E-state index contributed by atoms with van der Waals surface area (Å²) in [5, 5.41) is 11.1. The summed E-state index contributed by atoms with van der Waals surface area (Å²) in [4.78, 5) is 0. The zero-order valence-corrected chi connectivity index (χ0v) is 11.3. The molecule has 1 nitrogen and oxygen atoms in total. The fourth-order valence-corrected chi connectivity index (χ4v) is 2.22. The Balaban J connectivity index is 1.99. The minimum absolute atomic E-state index is 0.412. The molecule has 0 fully saturated rings. The number of aliphatic hydroxyl groups excluding tert-OH is 1. The van der Waals surface area contributed by atoms with Crippen LogP contribution >= 0.6 is 23.2 Å². The smallest absolute Gasteiger partial charge is 0.0620 e. The minimum Gasteiger partial charge on any atom is -0.392 e. The Morgan fingerprint density at radius 1 is 0.833 bits per heavy atom. The van der Waals surface area contributed by atoms with Crippen molar-refractivity contribution in [1.29, 1.82) is 0 Å². The average Bonchev–Trinajstić information content (AvgIpc) is 2.35. The Morgan fingerprint density at radius 2 is 1.50 bits per heavy atom. The van der Waals surface area contributed by atoms with E-state index >= 15 is 0 Å². The van der Waals surface area contributed by atoms with Crippen LogP contribution in [0.2, 0.25) is 10.0 Å². The van der Waals surface area contributed by atoms with Crippen LogP contribution in [0.25, 0.3) is 0 Å². The van der Waals surface area contributed by atoms with Crippen molar-refractivity contribution in [2.45, 2.75) is 18.9 Å². The van der Waals surface area contributed by atoms with Gasteiger partial charge in [-0.05, 0) is 36.1 Å². The minimum atomic E-state index is -0.412. The van der Waals surface area contributed by atoms with Gasteiger partial charge in [0.25, 0.3) is 0 Å². The molecular weight excluding hydrogens is 267 g/mol. The van der Waals surface area contributed by atoms with Gasteiger partial charge < -0.3 is 5.11 Å². The van der Waals surface area contributed by atoms with E-state index in [0.717, 1.165) is 11.1 Å². The second kappa shape index (κ2) is 6.24. The molecular formula is C15H14Cl2O. The van der Waals surface area contributed by atoms with Gasteiger partial charge in [-0.1, -0.05) is 59.6 Å². The maximum atomic E-state index is 10.0. The fraction of sp³-hybridized carbons (Fsp3) is 0.200. The third kappa shape index (κ3) is 3.74. The third-order valence-electron chi connectivity index (χ3n) is 2.77. The van der Waals surface area contributed by atoms with Crippen LogP contribution in [-0.4, -0.2) is 11.2 Å². The van der Waals surface area contributed by atoms with Gasteiger partial charge in [-0.3, -0.25) is 0 Å². The molecule has 0 amide bonds. The standard InChI is InChI=1S/C15H14Cl2O/c16-14-7-6-12(10-15(14)17)9-13(18)8-11-4-2-1-3-5-11/h1-7,10,13,18H,8-9H2. The van der Waals surface area contributed by atoms with E-state index < -0.39 is 6.10 Å². The van der Waals surface area contributed by atoms with E-state index in [1.54, 1.807) is 12.1 Å². The van der Waals surface area contributed by atoms with Crippen LogP contribution in [-0.2, 0) is 12.8 Å². The lowest BCUT2D eigenvalue weighted by atomic mass is 10.0. The first-order valence-electron chi connectivity index (χ1n) is 5.81. The largest absolute Gasteiger partial charge is 0.392 e. The van der Waals surface area contributed by atoms with Gasteiger partial charge in [-0.15, -0.1) is 0 Å². The van der Waals surface area contributed by atoms with Gasteiger partial charge in [-0.25, -0.2) is 0 Å². The number of halogens is 2. The molecule has 1 atom stereocenters. The van der Waals surface area contributed by atoms with Gasteiger partial charge in [0.15, 0.2) is 0 Å². The highest BCUT2D eigenvalue weighted by molar-refractivity contribution is 6.42. The lowest BCUT2D eigenvalue weighted by molar-refractivity contribution is 0.175. The molecule has 0 aliphatic carbocycles. The first-order valence-corrected chi connectivity index (χ1v) is 6.56. The van der Waals surface area contributed by atoms with Gasteiger partial charge in [0.1, 0.15) is 0 Å². The zero-order chi connectivity index (χ0) is 13.0. The summed E-state index contributed by atoms with van der Waals surface area (Å²) in [5.41, 5.74) is 2.12. The quantitative estimate of drug-likeness (QED) is 0.893. The molecule has 0 aliphatic heterocycles. The number of hydrogen-bond donors (Lipinski definition) is 1. The molecule has 2 aromatic rings. The van der Waals surface area contributed by atoms with Crippen LogP contribution < -0.4 is 0 Å². The van der Waals surface area contributed by atoms with E-state index in [1.807, 2.05) is 36.4 Å². The van der Waals surface area contributed by atoms with Crippen molar-refractivity contribution in [3.63, 3.8) is 0 Å². The molecule has 0 heterocycles. The van der Waals surface area contributed by atoms with Crippen molar-refractivity contribution in [1.82, 2.24) is 0 Å². The van der Waals surface area contributed by atoms with Gasteiger partial charge in [0, 0.05) is 0 Å². The molecule has 3 heteroatoms. The zero-order valence-electron chi connectivity index (χ0n) is 9.81. The number of hydrogen-bond acceptors (Lipinski definition) is 1. The highest BCUT2D eigenvalue weighted by atomic mass is 35.5. The number of aliphatic hydroxyl groups is 1. The second-order valence-electron chi connectivity index (χ2n) is 4.30. The lowest BCUT2D eigenvalue weighted by Crippen LogP contribution is -2.13. The average molecular weight is 281 g/mol. The summed E-state index contributed by atoms with van der Waals surface area (Å²) in [6.45, 7) is 0. The Kier molecular flexibility index (Phi) is 4.65. The van der Waals surface area contributed by atoms with E-state index in [1.165, 1.54) is 0 Å². The SMILES string of the molecule is OC(Cc1ccccc1)Cc1ccc(Cl)c(Cl)c1. The molecule has 94 valence electrons. The molecule has 0 spiro atoms. The molecule has 2 aromatic carbocycles. The lowest BCUT2D eigenvalue weighted by Gasteiger charge is -2.11. The first-order chi connectivity index (χ1) is 8.65.